The zero-order valence-electron chi connectivity index (χ0n) is 8.28. The van der Waals surface area contributed by atoms with E-state index in [-0.39, 0.29) is 18.3 Å². The van der Waals surface area contributed by atoms with Crippen molar-refractivity contribution >= 4 is 5.91 Å². The number of carbonyl (C=O) groups is 1. The Labute approximate surface area is 87.0 Å². The number of carbonyl (C=O) groups excluding carboxylic acids is 1. The predicted molar refractivity (Wildman–Crippen MR) is 52.7 cm³/mol. The van der Waals surface area contributed by atoms with Crippen LogP contribution in [0.5, 0.6) is 5.75 Å². The molecule has 0 bridgehead atoms. The van der Waals surface area contributed by atoms with Crippen molar-refractivity contribution in [1.29, 1.82) is 0 Å². The molecule has 2 rings (SSSR count). The summed E-state index contributed by atoms with van der Waals surface area (Å²) in [6.45, 7) is 1.78. The molecule has 0 saturated carbocycles. The maximum absolute atomic E-state index is 10.9. The van der Waals surface area contributed by atoms with Gasteiger partial charge in [0.1, 0.15) is 12.4 Å². The minimum absolute atomic E-state index is 0.000837. The van der Waals surface area contributed by atoms with Crippen LogP contribution in [0, 0.1) is 0 Å². The van der Waals surface area contributed by atoms with Gasteiger partial charge in [0.25, 0.3) is 5.91 Å². The summed E-state index contributed by atoms with van der Waals surface area (Å²) in [4.78, 5) is 10.9. The Balaban J connectivity index is 2.25. The van der Waals surface area contributed by atoms with Crippen LogP contribution in [0.4, 0.5) is 0 Å². The van der Waals surface area contributed by atoms with Gasteiger partial charge < -0.3 is 9.84 Å². The Morgan fingerprint density at radius 3 is 2.93 bits per heavy atom. The molecular formula is C10H12N2O3. The summed E-state index contributed by atoms with van der Waals surface area (Å²) in [6.07, 6.45) is 0. The maximum Gasteiger partial charge on any atom is 0.260 e. The van der Waals surface area contributed by atoms with E-state index in [1.165, 1.54) is 0 Å². The second-order valence-corrected chi connectivity index (χ2v) is 3.55. The van der Waals surface area contributed by atoms with Gasteiger partial charge in [0.05, 0.1) is 0 Å². The van der Waals surface area contributed by atoms with Crippen molar-refractivity contribution in [3.63, 3.8) is 0 Å². The highest BCUT2D eigenvalue weighted by atomic mass is 16.5. The van der Waals surface area contributed by atoms with Crippen LogP contribution in [0.25, 0.3) is 0 Å². The zero-order valence-corrected chi connectivity index (χ0v) is 8.28. The summed E-state index contributed by atoms with van der Waals surface area (Å²) in [5.41, 5.74) is 5.20. The van der Waals surface area contributed by atoms with Gasteiger partial charge in [-0.1, -0.05) is 12.1 Å². The highest BCUT2D eigenvalue weighted by Crippen LogP contribution is 2.25. The SMILES string of the molecule is C[C@@]1(c2cccc(O)c2)NNC(=O)CO1. The Kier molecular flexibility index (Phi) is 2.34. The third kappa shape index (κ3) is 1.93. The first-order valence-corrected chi connectivity index (χ1v) is 4.60. The summed E-state index contributed by atoms with van der Waals surface area (Å²) >= 11 is 0. The number of rotatable bonds is 1. The largest absolute Gasteiger partial charge is 0.508 e. The highest BCUT2D eigenvalue weighted by molar-refractivity contribution is 5.77. The van der Waals surface area contributed by atoms with Gasteiger partial charge in [-0.05, 0) is 19.1 Å². The van der Waals surface area contributed by atoms with Gasteiger partial charge in [-0.25, -0.2) is 0 Å². The van der Waals surface area contributed by atoms with E-state index in [0.717, 1.165) is 5.56 Å². The van der Waals surface area contributed by atoms with E-state index in [2.05, 4.69) is 10.9 Å². The van der Waals surface area contributed by atoms with E-state index < -0.39 is 5.72 Å². The van der Waals surface area contributed by atoms with E-state index in [0.29, 0.717) is 0 Å². The van der Waals surface area contributed by atoms with Crippen molar-refractivity contribution in [3.05, 3.63) is 29.8 Å². The van der Waals surface area contributed by atoms with Crippen molar-refractivity contribution in [2.75, 3.05) is 6.61 Å². The lowest BCUT2D eigenvalue weighted by Gasteiger charge is -2.35. The smallest absolute Gasteiger partial charge is 0.260 e. The second kappa shape index (κ2) is 3.52. The number of ether oxygens (including phenoxy) is 1. The minimum atomic E-state index is -0.799. The van der Waals surface area contributed by atoms with Gasteiger partial charge >= 0.3 is 0 Å². The standard InChI is InChI=1S/C10H12N2O3/c1-10(12-11-9(14)6-15-10)7-3-2-4-8(13)5-7/h2-5,12-13H,6H2,1H3,(H,11,14)/t10-/m1/s1. The van der Waals surface area contributed by atoms with Crippen LogP contribution in [0.3, 0.4) is 0 Å². The first kappa shape index (κ1) is 9.95. The monoisotopic (exact) mass is 208 g/mol. The van der Waals surface area contributed by atoms with Crippen LogP contribution in [-0.2, 0) is 15.3 Å². The lowest BCUT2D eigenvalue weighted by atomic mass is 10.0. The highest BCUT2D eigenvalue weighted by Gasteiger charge is 2.32. The van der Waals surface area contributed by atoms with Crippen LogP contribution in [-0.4, -0.2) is 17.6 Å². The molecule has 3 N–H and O–H groups in total. The summed E-state index contributed by atoms with van der Waals surface area (Å²) in [5.74, 6) is -0.0522. The van der Waals surface area contributed by atoms with Crippen molar-refractivity contribution in [3.8, 4) is 5.75 Å². The molecule has 1 aliphatic rings. The van der Waals surface area contributed by atoms with Gasteiger partial charge in [-0.3, -0.25) is 10.2 Å². The summed E-state index contributed by atoms with van der Waals surface area (Å²) < 4.78 is 5.38. The number of aromatic hydroxyl groups is 1. The molecule has 1 aromatic carbocycles. The van der Waals surface area contributed by atoms with Crippen LogP contribution in [0.2, 0.25) is 0 Å². The topological polar surface area (TPSA) is 70.6 Å². The Hall–Kier alpha value is -1.59. The lowest BCUT2D eigenvalue weighted by Crippen LogP contribution is -2.58. The predicted octanol–water partition coefficient (Wildman–Crippen LogP) is 0.216. The Morgan fingerprint density at radius 2 is 2.33 bits per heavy atom. The van der Waals surface area contributed by atoms with Crippen molar-refractivity contribution in [1.82, 2.24) is 10.9 Å². The molecule has 1 saturated heterocycles. The van der Waals surface area contributed by atoms with E-state index in [1.54, 1.807) is 25.1 Å². The third-order valence-electron chi connectivity index (χ3n) is 2.33. The number of phenols is 1. The summed E-state index contributed by atoms with van der Waals surface area (Å²) in [7, 11) is 0. The molecule has 5 heteroatoms. The molecule has 0 aliphatic carbocycles. The molecule has 0 radical (unpaired) electrons. The average Bonchev–Trinajstić information content (AvgIpc) is 2.23. The molecule has 80 valence electrons. The van der Waals surface area contributed by atoms with E-state index in [4.69, 9.17) is 4.74 Å². The van der Waals surface area contributed by atoms with E-state index in [1.807, 2.05) is 6.07 Å². The summed E-state index contributed by atoms with van der Waals surface area (Å²) in [5, 5.41) is 9.34. The number of phenolic OH excluding ortho intramolecular Hbond substituents is 1. The first-order valence-electron chi connectivity index (χ1n) is 4.60. The molecule has 0 aromatic heterocycles. The third-order valence-corrected chi connectivity index (χ3v) is 2.33. The number of hydrogen-bond acceptors (Lipinski definition) is 4. The number of benzene rings is 1. The van der Waals surface area contributed by atoms with Crippen LogP contribution in [0.15, 0.2) is 24.3 Å². The average molecular weight is 208 g/mol. The molecule has 5 nitrogen and oxygen atoms in total. The number of amides is 1. The van der Waals surface area contributed by atoms with Crippen LogP contribution < -0.4 is 10.9 Å². The fourth-order valence-corrected chi connectivity index (χ4v) is 1.43. The maximum atomic E-state index is 10.9. The molecule has 15 heavy (non-hydrogen) atoms. The van der Waals surface area contributed by atoms with Crippen LogP contribution >= 0.6 is 0 Å². The van der Waals surface area contributed by atoms with Crippen molar-refractivity contribution in [2.24, 2.45) is 0 Å². The summed E-state index contributed by atoms with van der Waals surface area (Å²) in [6, 6.07) is 6.69. The lowest BCUT2D eigenvalue weighted by molar-refractivity contribution is -0.154. The Bertz CT molecular complexity index is 382. The quantitative estimate of drug-likeness (QED) is 0.617. The van der Waals surface area contributed by atoms with Gasteiger partial charge in [-0.15, -0.1) is 0 Å². The molecule has 1 atom stereocenters. The fraction of sp³-hybridized carbons (Fsp3) is 0.300. The van der Waals surface area contributed by atoms with Crippen molar-refractivity contribution < 1.29 is 14.6 Å². The second-order valence-electron chi connectivity index (χ2n) is 3.55. The van der Waals surface area contributed by atoms with Crippen molar-refractivity contribution in [2.45, 2.75) is 12.6 Å². The fourth-order valence-electron chi connectivity index (χ4n) is 1.43. The molecule has 0 spiro atoms. The van der Waals surface area contributed by atoms with Gasteiger partial charge in [0, 0.05) is 5.56 Å². The molecule has 0 unspecified atom stereocenters. The molecular weight excluding hydrogens is 196 g/mol. The van der Waals surface area contributed by atoms with Gasteiger partial charge in [-0.2, -0.15) is 5.43 Å². The van der Waals surface area contributed by atoms with Gasteiger partial charge in [0.15, 0.2) is 5.72 Å². The molecule has 1 heterocycles. The first-order chi connectivity index (χ1) is 7.10. The zero-order chi connectivity index (χ0) is 10.9. The minimum Gasteiger partial charge on any atom is -0.508 e. The molecule has 1 aliphatic heterocycles. The number of nitrogens with one attached hydrogen (secondary N) is 2. The van der Waals surface area contributed by atoms with E-state index >= 15 is 0 Å². The van der Waals surface area contributed by atoms with E-state index in [9.17, 15) is 9.90 Å². The Morgan fingerprint density at radius 1 is 1.53 bits per heavy atom. The number of hydrazine groups is 1. The van der Waals surface area contributed by atoms with Gasteiger partial charge in [0.2, 0.25) is 0 Å². The molecule has 1 fully saturated rings. The normalized spacial score (nSPS) is 26.1. The molecule has 1 aromatic rings. The number of hydrogen-bond donors (Lipinski definition) is 3. The van der Waals surface area contributed by atoms with Crippen LogP contribution in [0.1, 0.15) is 12.5 Å². The molecule has 1 amide bonds.